The van der Waals surface area contributed by atoms with Crippen LogP contribution in [0.3, 0.4) is 0 Å². The van der Waals surface area contributed by atoms with Gasteiger partial charge in [-0.05, 0) is 17.0 Å². The topological polar surface area (TPSA) is 29.1 Å². The molecule has 0 atom stereocenters. The summed E-state index contributed by atoms with van der Waals surface area (Å²) in [5, 5.41) is 4.93. The quantitative estimate of drug-likeness (QED) is 0.828. The van der Waals surface area contributed by atoms with Crippen LogP contribution in [-0.2, 0) is 11.2 Å². The zero-order valence-electron chi connectivity index (χ0n) is 8.62. The van der Waals surface area contributed by atoms with Crippen molar-refractivity contribution in [3.63, 3.8) is 0 Å². The molecule has 2 rings (SSSR count). The van der Waals surface area contributed by atoms with Crippen LogP contribution in [0.4, 0.5) is 0 Å². The lowest BCUT2D eigenvalue weighted by atomic mass is 10.1. The van der Waals surface area contributed by atoms with Gasteiger partial charge in [-0.3, -0.25) is 4.79 Å². The van der Waals surface area contributed by atoms with Gasteiger partial charge < -0.3 is 5.32 Å². The fourth-order valence-electron chi connectivity index (χ4n) is 1.49. The highest BCUT2D eigenvalue weighted by molar-refractivity contribution is 8.02. The molecule has 0 fully saturated rings. The summed E-state index contributed by atoms with van der Waals surface area (Å²) in [5.41, 5.74) is 2.29. The highest BCUT2D eigenvalue weighted by atomic mass is 32.2. The Morgan fingerprint density at radius 1 is 1.47 bits per heavy atom. The van der Waals surface area contributed by atoms with Gasteiger partial charge in [-0.15, -0.1) is 0 Å². The molecule has 3 heteroatoms. The average molecular weight is 219 g/mol. The molecule has 0 saturated heterocycles. The standard InChI is InChI=1S/C12H13NOS/c1-2-12(14)13-10-7-9-5-3-4-6-11(9)15-8-10/h3-6,8H,2,7H2,1H3,(H,13,14). The number of hydrogen-bond donors (Lipinski definition) is 1. The van der Waals surface area contributed by atoms with Crippen LogP contribution < -0.4 is 5.32 Å². The van der Waals surface area contributed by atoms with E-state index in [4.69, 9.17) is 0 Å². The van der Waals surface area contributed by atoms with Crippen molar-refractivity contribution < 1.29 is 4.79 Å². The third-order valence-electron chi connectivity index (χ3n) is 2.30. The number of fused-ring (bicyclic) bond motifs is 1. The normalized spacial score (nSPS) is 14.1. The average Bonchev–Trinajstić information content (AvgIpc) is 2.29. The minimum Gasteiger partial charge on any atom is -0.329 e. The van der Waals surface area contributed by atoms with Gasteiger partial charge in [0.25, 0.3) is 0 Å². The van der Waals surface area contributed by atoms with Gasteiger partial charge in [0.1, 0.15) is 0 Å². The van der Waals surface area contributed by atoms with Crippen LogP contribution >= 0.6 is 11.8 Å². The van der Waals surface area contributed by atoms with Crippen LogP contribution in [0.2, 0.25) is 0 Å². The molecule has 0 saturated carbocycles. The molecule has 78 valence electrons. The van der Waals surface area contributed by atoms with Gasteiger partial charge >= 0.3 is 0 Å². The number of hydrogen-bond acceptors (Lipinski definition) is 2. The van der Waals surface area contributed by atoms with Crippen molar-refractivity contribution in [3.8, 4) is 0 Å². The number of benzene rings is 1. The molecule has 1 N–H and O–H groups in total. The third-order valence-corrected chi connectivity index (χ3v) is 3.36. The maximum Gasteiger partial charge on any atom is 0.223 e. The molecular weight excluding hydrogens is 206 g/mol. The molecule has 1 heterocycles. The maximum atomic E-state index is 11.2. The van der Waals surface area contributed by atoms with Crippen molar-refractivity contribution in [1.29, 1.82) is 0 Å². The van der Waals surface area contributed by atoms with E-state index in [1.54, 1.807) is 11.8 Å². The van der Waals surface area contributed by atoms with Crippen LogP contribution in [0.1, 0.15) is 18.9 Å². The second-order valence-electron chi connectivity index (χ2n) is 3.45. The predicted molar refractivity (Wildman–Crippen MR) is 62.5 cm³/mol. The zero-order valence-corrected chi connectivity index (χ0v) is 9.43. The first-order valence-electron chi connectivity index (χ1n) is 5.03. The zero-order chi connectivity index (χ0) is 10.7. The molecule has 2 nitrogen and oxygen atoms in total. The number of carbonyl (C=O) groups is 1. The fraction of sp³-hybridized carbons (Fsp3) is 0.250. The van der Waals surface area contributed by atoms with E-state index in [0.717, 1.165) is 12.1 Å². The molecule has 0 bridgehead atoms. The Bertz CT molecular complexity index is 412. The van der Waals surface area contributed by atoms with Gasteiger partial charge in [-0.25, -0.2) is 0 Å². The second-order valence-corrected chi connectivity index (χ2v) is 4.36. The van der Waals surface area contributed by atoms with Gasteiger partial charge in [-0.1, -0.05) is 36.9 Å². The first-order chi connectivity index (χ1) is 7.29. The highest BCUT2D eigenvalue weighted by Gasteiger charge is 2.11. The Labute approximate surface area is 93.8 Å². The number of allylic oxidation sites excluding steroid dienone is 1. The van der Waals surface area contributed by atoms with E-state index in [2.05, 4.69) is 17.4 Å². The second kappa shape index (κ2) is 4.53. The first-order valence-corrected chi connectivity index (χ1v) is 5.91. The Morgan fingerprint density at radius 3 is 3.07 bits per heavy atom. The molecule has 15 heavy (non-hydrogen) atoms. The SMILES string of the molecule is CCC(=O)NC1=CSc2ccccc2C1. The largest absolute Gasteiger partial charge is 0.329 e. The van der Waals surface area contributed by atoms with E-state index < -0.39 is 0 Å². The number of rotatable bonds is 2. The van der Waals surface area contributed by atoms with Gasteiger partial charge in [0, 0.05) is 23.4 Å². The van der Waals surface area contributed by atoms with Crippen LogP contribution in [0.15, 0.2) is 40.3 Å². The van der Waals surface area contributed by atoms with Crippen molar-refractivity contribution in [3.05, 3.63) is 40.9 Å². The predicted octanol–water partition coefficient (Wildman–Crippen LogP) is 2.70. The van der Waals surface area contributed by atoms with Crippen molar-refractivity contribution in [2.75, 3.05) is 0 Å². The van der Waals surface area contributed by atoms with Crippen LogP contribution in [0.5, 0.6) is 0 Å². The van der Waals surface area contributed by atoms with E-state index in [1.165, 1.54) is 10.5 Å². The van der Waals surface area contributed by atoms with Crippen LogP contribution in [0, 0.1) is 0 Å². The molecule has 1 aliphatic rings. The van der Waals surface area contributed by atoms with E-state index in [1.807, 2.05) is 24.5 Å². The molecule has 0 aromatic heterocycles. The molecule has 0 aliphatic carbocycles. The molecule has 0 radical (unpaired) electrons. The van der Waals surface area contributed by atoms with Crippen LogP contribution in [0.25, 0.3) is 0 Å². The number of thioether (sulfide) groups is 1. The van der Waals surface area contributed by atoms with Crippen molar-refractivity contribution in [1.82, 2.24) is 5.32 Å². The van der Waals surface area contributed by atoms with Gasteiger partial charge in [0.15, 0.2) is 0 Å². The van der Waals surface area contributed by atoms with E-state index in [-0.39, 0.29) is 5.91 Å². The molecule has 1 aromatic carbocycles. The molecule has 1 aromatic rings. The lowest BCUT2D eigenvalue weighted by Crippen LogP contribution is -2.23. The summed E-state index contributed by atoms with van der Waals surface area (Å²) in [5.74, 6) is 0.0845. The van der Waals surface area contributed by atoms with E-state index >= 15 is 0 Å². The Kier molecular flexibility index (Phi) is 3.11. The molecule has 0 spiro atoms. The number of amides is 1. The highest BCUT2D eigenvalue weighted by Crippen LogP contribution is 2.30. The summed E-state index contributed by atoms with van der Waals surface area (Å²) in [6.07, 6.45) is 1.36. The minimum atomic E-state index is 0.0845. The lowest BCUT2D eigenvalue weighted by molar-refractivity contribution is -0.120. The fourth-order valence-corrected chi connectivity index (χ4v) is 2.35. The van der Waals surface area contributed by atoms with Crippen molar-refractivity contribution in [2.24, 2.45) is 0 Å². The van der Waals surface area contributed by atoms with Gasteiger partial charge in [0.2, 0.25) is 5.91 Å². The van der Waals surface area contributed by atoms with Gasteiger partial charge in [0.05, 0.1) is 0 Å². The third kappa shape index (κ3) is 2.42. The monoisotopic (exact) mass is 219 g/mol. The molecule has 0 unspecified atom stereocenters. The molecule has 1 amide bonds. The summed E-state index contributed by atoms with van der Waals surface area (Å²) < 4.78 is 0. The summed E-state index contributed by atoms with van der Waals surface area (Å²) in [4.78, 5) is 12.5. The Morgan fingerprint density at radius 2 is 2.27 bits per heavy atom. The molecular formula is C12H13NOS. The summed E-state index contributed by atoms with van der Waals surface area (Å²) in [6.45, 7) is 1.86. The maximum absolute atomic E-state index is 11.2. The summed E-state index contributed by atoms with van der Waals surface area (Å²) >= 11 is 1.67. The smallest absolute Gasteiger partial charge is 0.223 e. The Hall–Kier alpha value is -1.22. The summed E-state index contributed by atoms with van der Waals surface area (Å²) in [7, 11) is 0. The van der Waals surface area contributed by atoms with Crippen LogP contribution in [-0.4, -0.2) is 5.91 Å². The Balaban J connectivity index is 2.09. The van der Waals surface area contributed by atoms with E-state index in [9.17, 15) is 4.79 Å². The number of carbonyl (C=O) groups excluding carboxylic acids is 1. The number of nitrogens with one attached hydrogen (secondary N) is 1. The minimum absolute atomic E-state index is 0.0845. The van der Waals surface area contributed by atoms with Crippen molar-refractivity contribution >= 4 is 17.7 Å². The summed E-state index contributed by atoms with van der Waals surface area (Å²) in [6, 6.07) is 8.28. The van der Waals surface area contributed by atoms with E-state index in [0.29, 0.717) is 6.42 Å². The first kappa shape index (κ1) is 10.3. The van der Waals surface area contributed by atoms with Crippen molar-refractivity contribution in [2.45, 2.75) is 24.7 Å². The lowest BCUT2D eigenvalue weighted by Gasteiger charge is -2.16. The molecule has 1 aliphatic heterocycles. The van der Waals surface area contributed by atoms with Gasteiger partial charge in [-0.2, -0.15) is 0 Å².